The van der Waals surface area contributed by atoms with E-state index >= 15 is 0 Å². The molecule has 0 spiro atoms. The van der Waals surface area contributed by atoms with Crippen LogP contribution in [0.1, 0.15) is 25.0 Å². The molecule has 0 aromatic heterocycles. The smallest absolute Gasteiger partial charge is 0.262 e. The van der Waals surface area contributed by atoms with E-state index in [1.807, 2.05) is 83.8 Å². The lowest BCUT2D eigenvalue weighted by Crippen LogP contribution is -2.25. The number of nitrogens with zero attached hydrogens (tertiary/aromatic N) is 2. The van der Waals surface area contributed by atoms with Gasteiger partial charge in [-0.2, -0.15) is 0 Å². The first kappa shape index (κ1) is 21.1. The van der Waals surface area contributed by atoms with Crippen LogP contribution >= 0.6 is 15.9 Å². The van der Waals surface area contributed by atoms with Crippen LogP contribution in [0.5, 0.6) is 0 Å². The molecule has 1 aliphatic heterocycles. The minimum Gasteiger partial charge on any atom is -0.372 e. The van der Waals surface area contributed by atoms with Crippen LogP contribution in [0.3, 0.4) is 0 Å². The maximum Gasteiger partial charge on any atom is 0.262 e. The lowest BCUT2D eigenvalue weighted by molar-refractivity contribution is -0.113. The molecular formula is C27H25BrN2O. The average molecular weight is 473 g/mol. The summed E-state index contributed by atoms with van der Waals surface area (Å²) in [6.45, 7) is 6.20. The largest absolute Gasteiger partial charge is 0.372 e. The number of hydrogen-bond donors (Lipinski definition) is 0. The van der Waals surface area contributed by atoms with Crippen molar-refractivity contribution in [2.45, 2.75) is 13.8 Å². The van der Waals surface area contributed by atoms with Crippen molar-refractivity contribution < 1.29 is 4.79 Å². The minimum absolute atomic E-state index is 0.0163. The summed E-state index contributed by atoms with van der Waals surface area (Å²) in [6, 6.07) is 26.3. The van der Waals surface area contributed by atoms with Crippen molar-refractivity contribution in [3.8, 4) is 0 Å². The number of benzene rings is 3. The van der Waals surface area contributed by atoms with E-state index < -0.39 is 0 Å². The Hall–Kier alpha value is -3.11. The number of halogens is 1. The second-order valence-corrected chi connectivity index (χ2v) is 8.29. The number of hydrogen-bond acceptors (Lipinski definition) is 2. The summed E-state index contributed by atoms with van der Waals surface area (Å²) in [5, 5.41) is 0. The molecule has 0 unspecified atom stereocenters. The van der Waals surface area contributed by atoms with E-state index in [9.17, 15) is 4.79 Å². The summed E-state index contributed by atoms with van der Waals surface area (Å²) >= 11 is 3.47. The lowest BCUT2D eigenvalue weighted by atomic mass is 10.1. The molecule has 3 aromatic rings. The molecule has 156 valence electrons. The third kappa shape index (κ3) is 4.49. The molecule has 0 aliphatic carbocycles. The number of rotatable bonds is 6. The van der Waals surface area contributed by atoms with E-state index in [-0.39, 0.29) is 5.91 Å². The van der Waals surface area contributed by atoms with Crippen LogP contribution in [0, 0.1) is 0 Å². The monoisotopic (exact) mass is 472 g/mol. The quantitative estimate of drug-likeness (QED) is 0.369. The van der Waals surface area contributed by atoms with E-state index in [1.165, 1.54) is 0 Å². The molecule has 0 atom stereocenters. The number of anilines is 2. The molecule has 0 saturated carbocycles. The van der Waals surface area contributed by atoms with Crippen LogP contribution < -0.4 is 9.80 Å². The van der Waals surface area contributed by atoms with Crippen molar-refractivity contribution >= 4 is 45.0 Å². The van der Waals surface area contributed by atoms with Gasteiger partial charge in [-0.3, -0.25) is 9.69 Å². The zero-order chi connectivity index (χ0) is 21.8. The van der Waals surface area contributed by atoms with Crippen molar-refractivity contribution in [3.63, 3.8) is 0 Å². The van der Waals surface area contributed by atoms with Gasteiger partial charge in [0.1, 0.15) is 0 Å². The first-order valence-electron chi connectivity index (χ1n) is 10.5. The summed E-state index contributed by atoms with van der Waals surface area (Å²) in [7, 11) is 0. The highest BCUT2D eigenvalue weighted by Crippen LogP contribution is 2.36. The van der Waals surface area contributed by atoms with E-state index in [0.29, 0.717) is 5.57 Å². The molecule has 4 rings (SSSR count). The molecular weight excluding hydrogens is 448 g/mol. The maximum absolute atomic E-state index is 13.5. The second kappa shape index (κ2) is 9.36. The standard InChI is InChI=1S/C27H25BrN2O/c1-3-29(4-2)24-14-16-25(17-15-24)30-26(21-8-6-5-7-9-21)19-22(27(30)31)18-20-10-12-23(28)13-11-20/h5-19H,3-4H2,1-2H3/b22-18+. The van der Waals surface area contributed by atoms with Crippen LogP contribution in [0.15, 0.2) is 95.0 Å². The Balaban J connectivity index is 1.74. The van der Waals surface area contributed by atoms with Crippen molar-refractivity contribution in [3.05, 3.63) is 106 Å². The van der Waals surface area contributed by atoms with Gasteiger partial charge in [0, 0.05) is 34.5 Å². The van der Waals surface area contributed by atoms with Crippen LogP contribution in [-0.2, 0) is 4.79 Å². The summed E-state index contributed by atoms with van der Waals surface area (Å²) in [4.78, 5) is 17.6. The first-order valence-corrected chi connectivity index (χ1v) is 11.3. The summed E-state index contributed by atoms with van der Waals surface area (Å²) < 4.78 is 1.02. The highest BCUT2D eigenvalue weighted by Gasteiger charge is 2.30. The SMILES string of the molecule is CCN(CC)c1ccc(N2C(=O)/C(=C/c3ccc(Br)cc3)C=C2c2ccccc2)cc1. The van der Waals surface area contributed by atoms with Gasteiger partial charge >= 0.3 is 0 Å². The van der Waals surface area contributed by atoms with E-state index in [4.69, 9.17) is 0 Å². The molecule has 0 radical (unpaired) electrons. The van der Waals surface area contributed by atoms with Gasteiger partial charge in [-0.05, 0) is 73.5 Å². The zero-order valence-corrected chi connectivity index (χ0v) is 19.3. The van der Waals surface area contributed by atoms with Gasteiger partial charge in [0.15, 0.2) is 0 Å². The van der Waals surface area contributed by atoms with Crippen molar-refractivity contribution in [1.82, 2.24) is 0 Å². The van der Waals surface area contributed by atoms with Crippen LogP contribution in [0.25, 0.3) is 11.8 Å². The third-order valence-corrected chi connectivity index (χ3v) is 6.01. The maximum atomic E-state index is 13.5. The van der Waals surface area contributed by atoms with Gasteiger partial charge in [-0.1, -0.05) is 58.4 Å². The Kier molecular flexibility index (Phi) is 6.38. The summed E-state index contributed by atoms with van der Waals surface area (Å²) in [5.74, 6) is -0.0163. The van der Waals surface area contributed by atoms with Gasteiger partial charge in [-0.25, -0.2) is 0 Å². The second-order valence-electron chi connectivity index (χ2n) is 7.38. The van der Waals surface area contributed by atoms with Gasteiger partial charge in [0.05, 0.1) is 5.70 Å². The molecule has 0 bridgehead atoms. The zero-order valence-electron chi connectivity index (χ0n) is 17.8. The highest BCUT2D eigenvalue weighted by atomic mass is 79.9. The normalized spacial score (nSPS) is 14.8. The molecule has 4 heteroatoms. The molecule has 0 N–H and O–H groups in total. The van der Waals surface area contributed by atoms with Crippen molar-refractivity contribution in [1.29, 1.82) is 0 Å². The molecule has 1 amide bonds. The van der Waals surface area contributed by atoms with E-state index in [2.05, 4.69) is 46.8 Å². The van der Waals surface area contributed by atoms with Crippen LogP contribution in [0.2, 0.25) is 0 Å². The predicted molar refractivity (Wildman–Crippen MR) is 134 cm³/mol. The Morgan fingerprint density at radius 1 is 0.871 bits per heavy atom. The Bertz CT molecular complexity index is 1110. The van der Waals surface area contributed by atoms with Crippen molar-refractivity contribution in [2.24, 2.45) is 0 Å². The molecule has 31 heavy (non-hydrogen) atoms. The average Bonchev–Trinajstić information content (AvgIpc) is 3.13. The van der Waals surface area contributed by atoms with Gasteiger partial charge in [0.2, 0.25) is 0 Å². The number of carbonyl (C=O) groups is 1. The molecule has 3 aromatic carbocycles. The fourth-order valence-corrected chi connectivity index (χ4v) is 4.10. The first-order chi connectivity index (χ1) is 15.1. The number of amides is 1. The fraction of sp³-hybridized carbons (Fsp3) is 0.148. The summed E-state index contributed by atoms with van der Waals surface area (Å²) in [5.41, 5.74) is 5.61. The molecule has 3 nitrogen and oxygen atoms in total. The third-order valence-electron chi connectivity index (χ3n) is 5.48. The van der Waals surface area contributed by atoms with E-state index in [1.54, 1.807) is 0 Å². The predicted octanol–water partition coefficient (Wildman–Crippen LogP) is 6.77. The van der Waals surface area contributed by atoms with Gasteiger partial charge in [0.25, 0.3) is 5.91 Å². The lowest BCUT2D eigenvalue weighted by Gasteiger charge is -2.24. The topological polar surface area (TPSA) is 23.6 Å². The highest BCUT2D eigenvalue weighted by molar-refractivity contribution is 9.10. The molecule has 0 saturated heterocycles. The van der Waals surface area contributed by atoms with E-state index in [0.717, 1.165) is 45.8 Å². The fourth-order valence-electron chi connectivity index (χ4n) is 3.83. The Labute approximate surface area is 192 Å². The van der Waals surface area contributed by atoms with Crippen molar-refractivity contribution in [2.75, 3.05) is 22.9 Å². The molecule has 1 aliphatic rings. The minimum atomic E-state index is -0.0163. The van der Waals surface area contributed by atoms with Crippen LogP contribution in [0.4, 0.5) is 11.4 Å². The molecule has 0 fully saturated rings. The summed E-state index contributed by atoms with van der Waals surface area (Å²) in [6.07, 6.45) is 3.93. The van der Waals surface area contributed by atoms with Gasteiger partial charge < -0.3 is 4.90 Å². The Morgan fingerprint density at radius 2 is 1.52 bits per heavy atom. The number of carbonyl (C=O) groups excluding carboxylic acids is 1. The van der Waals surface area contributed by atoms with Gasteiger partial charge in [-0.15, -0.1) is 0 Å². The van der Waals surface area contributed by atoms with Crippen LogP contribution in [-0.4, -0.2) is 19.0 Å². The Morgan fingerprint density at radius 3 is 2.13 bits per heavy atom. The molecule has 1 heterocycles.